The number of anilines is 1. The van der Waals surface area contributed by atoms with Crippen molar-refractivity contribution < 1.29 is 8.42 Å². The number of aromatic nitrogens is 1. The van der Waals surface area contributed by atoms with Crippen molar-refractivity contribution in [3.05, 3.63) is 22.3 Å². The Morgan fingerprint density at radius 3 is 2.75 bits per heavy atom. The molecule has 0 bridgehead atoms. The van der Waals surface area contributed by atoms with Gasteiger partial charge in [0.15, 0.2) is 9.84 Å². The lowest BCUT2D eigenvalue weighted by Gasteiger charge is -2.29. The molecule has 0 amide bonds. The van der Waals surface area contributed by atoms with Gasteiger partial charge in [0.05, 0.1) is 11.5 Å². The van der Waals surface area contributed by atoms with E-state index in [1.54, 1.807) is 6.20 Å². The Hall–Kier alpha value is -0.660. The summed E-state index contributed by atoms with van der Waals surface area (Å²) in [5.74, 6) is 1.32. The molecule has 1 aliphatic heterocycles. The van der Waals surface area contributed by atoms with Crippen molar-refractivity contribution >= 4 is 31.6 Å². The minimum atomic E-state index is -2.86. The lowest BCUT2D eigenvalue weighted by atomic mass is 10.2. The summed E-state index contributed by atoms with van der Waals surface area (Å²) in [5, 5.41) is 3.37. The quantitative estimate of drug-likeness (QED) is 0.806. The molecule has 1 aromatic heterocycles. The van der Waals surface area contributed by atoms with Crippen molar-refractivity contribution in [2.75, 3.05) is 36.0 Å². The number of halogens is 1. The van der Waals surface area contributed by atoms with Gasteiger partial charge in [0, 0.05) is 35.9 Å². The number of rotatable bonds is 5. The third kappa shape index (κ3) is 4.17. The standard InChI is InChI=1S/C13H20BrN3O2S/c1-2-3-15-9-11-8-12(14)10-16-13(11)17-4-6-20(18,19)7-5-17/h8,10,15H,2-7,9H2,1H3. The summed E-state index contributed by atoms with van der Waals surface area (Å²) in [6, 6.07) is 2.05. The number of nitrogens with one attached hydrogen (secondary N) is 1. The first-order valence-corrected chi connectivity index (χ1v) is 9.44. The fourth-order valence-corrected chi connectivity index (χ4v) is 3.79. The van der Waals surface area contributed by atoms with Crippen molar-refractivity contribution in [2.24, 2.45) is 0 Å². The van der Waals surface area contributed by atoms with Crippen LogP contribution in [-0.2, 0) is 16.4 Å². The van der Waals surface area contributed by atoms with Crippen LogP contribution >= 0.6 is 15.9 Å². The molecule has 2 rings (SSSR count). The summed E-state index contributed by atoms with van der Waals surface area (Å²) in [5.41, 5.74) is 1.10. The summed E-state index contributed by atoms with van der Waals surface area (Å²) in [6.07, 6.45) is 2.85. The van der Waals surface area contributed by atoms with Crippen LogP contribution in [0, 0.1) is 0 Å². The summed E-state index contributed by atoms with van der Waals surface area (Å²) in [7, 11) is -2.86. The Morgan fingerprint density at radius 1 is 1.40 bits per heavy atom. The van der Waals surface area contributed by atoms with Crippen LogP contribution in [-0.4, -0.2) is 44.5 Å². The van der Waals surface area contributed by atoms with Gasteiger partial charge in [-0.25, -0.2) is 13.4 Å². The van der Waals surface area contributed by atoms with Crippen LogP contribution in [0.5, 0.6) is 0 Å². The maximum atomic E-state index is 11.5. The van der Waals surface area contributed by atoms with Gasteiger partial charge in [-0.15, -0.1) is 0 Å². The maximum Gasteiger partial charge on any atom is 0.153 e. The molecule has 5 nitrogen and oxygen atoms in total. The molecule has 0 unspecified atom stereocenters. The van der Waals surface area contributed by atoms with Gasteiger partial charge in [-0.2, -0.15) is 0 Å². The van der Waals surface area contributed by atoms with E-state index in [9.17, 15) is 8.42 Å². The molecule has 112 valence electrons. The van der Waals surface area contributed by atoms with E-state index in [0.717, 1.165) is 35.4 Å². The number of sulfone groups is 1. The zero-order valence-electron chi connectivity index (χ0n) is 11.6. The topological polar surface area (TPSA) is 62.3 Å². The Bertz CT molecular complexity index is 549. The minimum absolute atomic E-state index is 0.215. The number of pyridine rings is 1. The van der Waals surface area contributed by atoms with Gasteiger partial charge in [-0.3, -0.25) is 0 Å². The molecule has 1 aliphatic rings. The van der Waals surface area contributed by atoms with E-state index in [0.29, 0.717) is 13.1 Å². The predicted octanol–water partition coefficient (Wildman–Crippen LogP) is 1.58. The second-order valence-corrected chi connectivity index (χ2v) is 8.17. The molecule has 7 heteroatoms. The molecule has 2 heterocycles. The zero-order chi connectivity index (χ0) is 14.6. The van der Waals surface area contributed by atoms with E-state index in [-0.39, 0.29) is 11.5 Å². The van der Waals surface area contributed by atoms with Gasteiger partial charge in [0.25, 0.3) is 0 Å². The number of nitrogens with zero attached hydrogens (tertiary/aromatic N) is 2. The smallest absolute Gasteiger partial charge is 0.153 e. The van der Waals surface area contributed by atoms with Crippen LogP contribution in [0.2, 0.25) is 0 Å². The molecule has 1 N–H and O–H groups in total. The van der Waals surface area contributed by atoms with Crippen LogP contribution < -0.4 is 10.2 Å². The molecule has 20 heavy (non-hydrogen) atoms. The second kappa shape index (κ2) is 6.87. The van der Waals surface area contributed by atoms with Gasteiger partial charge in [-0.05, 0) is 35.0 Å². The van der Waals surface area contributed by atoms with Gasteiger partial charge in [0.2, 0.25) is 0 Å². The van der Waals surface area contributed by atoms with E-state index in [1.807, 2.05) is 6.07 Å². The van der Waals surface area contributed by atoms with E-state index in [1.165, 1.54) is 0 Å². The number of hydrogen-bond donors (Lipinski definition) is 1. The van der Waals surface area contributed by atoms with Gasteiger partial charge in [0.1, 0.15) is 5.82 Å². The Morgan fingerprint density at radius 2 is 2.10 bits per heavy atom. The van der Waals surface area contributed by atoms with Gasteiger partial charge >= 0.3 is 0 Å². The first-order valence-electron chi connectivity index (χ1n) is 6.82. The first-order chi connectivity index (χ1) is 9.52. The van der Waals surface area contributed by atoms with E-state index < -0.39 is 9.84 Å². The minimum Gasteiger partial charge on any atom is -0.354 e. The third-order valence-corrected chi connectivity index (χ3v) is 5.34. The normalized spacial score (nSPS) is 18.2. The van der Waals surface area contributed by atoms with Gasteiger partial charge in [-0.1, -0.05) is 6.92 Å². The van der Waals surface area contributed by atoms with Crippen LogP contribution in [0.25, 0.3) is 0 Å². The van der Waals surface area contributed by atoms with Crippen molar-refractivity contribution in [3.8, 4) is 0 Å². The van der Waals surface area contributed by atoms with Crippen LogP contribution in [0.15, 0.2) is 16.7 Å². The van der Waals surface area contributed by atoms with Crippen LogP contribution in [0.3, 0.4) is 0 Å². The largest absolute Gasteiger partial charge is 0.354 e. The highest BCUT2D eigenvalue weighted by molar-refractivity contribution is 9.10. The molecule has 1 saturated heterocycles. The Kier molecular flexibility index (Phi) is 5.40. The second-order valence-electron chi connectivity index (χ2n) is 4.95. The Labute approximate surface area is 128 Å². The van der Waals surface area contributed by atoms with E-state index in [4.69, 9.17) is 0 Å². The number of hydrogen-bond acceptors (Lipinski definition) is 5. The highest BCUT2D eigenvalue weighted by Gasteiger charge is 2.24. The average molecular weight is 362 g/mol. The summed E-state index contributed by atoms with van der Waals surface area (Å²) in [4.78, 5) is 6.54. The molecule has 0 aromatic carbocycles. The molecule has 0 saturated carbocycles. The SMILES string of the molecule is CCCNCc1cc(Br)cnc1N1CCS(=O)(=O)CC1. The fourth-order valence-electron chi connectivity index (χ4n) is 2.21. The van der Waals surface area contributed by atoms with Crippen LogP contribution in [0.4, 0.5) is 5.82 Å². The molecule has 1 aromatic rings. The molecule has 0 radical (unpaired) electrons. The fraction of sp³-hybridized carbons (Fsp3) is 0.615. The predicted molar refractivity (Wildman–Crippen MR) is 84.8 cm³/mol. The third-order valence-electron chi connectivity index (χ3n) is 3.30. The van der Waals surface area contributed by atoms with Gasteiger partial charge < -0.3 is 10.2 Å². The van der Waals surface area contributed by atoms with E-state index >= 15 is 0 Å². The summed E-state index contributed by atoms with van der Waals surface area (Å²) < 4.78 is 24.0. The molecular formula is C13H20BrN3O2S. The van der Waals surface area contributed by atoms with Crippen molar-refractivity contribution in [1.82, 2.24) is 10.3 Å². The highest BCUT2D eigenvalue weighted by atomic mass is 79.9. The summed E-state index contributed by atoms with van der Waals surface area (Å²) >= 11 is 3.44. The van der Waals surface area contributed by atoms with Crippen molar-refractivity contribution in [1.29, 1.82) is 0 Å². The molecule has 0 aliphatic carbocycles. The first kappa shape index (κ1) is 15.7. The lowest BCUT2D eigenvalue weighted by Crippen LogP contribution is -2.41. The van der Waals surface area contributed by atoms with Crippen molar-refractivity contribution in [2.45, 2.75) is 19.9 Å². The maximum absolute atomic E-state index is 11.5. The molecular weight excluding hydrogens is 342 g/mol. The molecule has 0 atom stereocenters. The van der Waals surface area contributed by atoms with E-state index in [2.05, 4.69) is 38.1 Å². The zero-order valence-corrected chi connectivity index (χ0v) is 14.0. The Balaban J connectivity index is 2.14. The van der Waals surface area contributed by atoms with Crippen LogP contribution in [0.1, 0.15) is 18.9 Å². The molecule has 1 fully saturated rings. The lowest BCUT2D eigenvalue weighted by molar-refractivity contribution is 0.585. The monoisotopic (exact) mass is 361 g/mol. The highest BCUT2D eigenvalue weighted by Crippen LogP contribution is 2.23. The molecule has 0 spiro atoms. The van der Waals surface area contributed by atoms with Crippen molar-refractivity contribution in [3.63, 3.8) is 0 Å². The summed E-state index contributed by atoms with van der Waals surface area (Å²) in [6.45, 7) is 4.89. The average Bonchev–Trinajstić information content (AvgIpc) is 2.40.